The highest BCUT2D eigenvalue weighted by atomic mass is 79.9. The van der Waals surface area contributed by atoms with Crippen molar-refractivity contribution in [2.24, 2.45) is 5.92 Å². The zero-order chi connectivity index (χ0) is 14.7. The van der Waals surface area contributed by atoms with E-state index < -0.39 is 4.92 Å². The van der Waals surface area contributed by atoms with Gasteiger partial charge in [0.15, 0.2) is 0 Å². The van der Waals surface area contributed by atoms with Gasteiger partial charge in [0.1, 0.15) is 0 Å². The third-order valence-corrected chi connectivity index (χ3v) is 4.50. The van der Waals surface area contributed by atoms with Gasteiger partial charge < -0.3 is 5.32 Å². The van der Waals surface area contributed by atoms with E-state index in [9.17, 15) is 14.9 Å². The molecule has 1 aromatic carbocycles. The number of nitro groups is 1. The number of carbonyl (C=O) groups excluding carboxylic acids is 1. The highest BCUT2D eigenvalue weighted by molar-refractivity contribution is 9.10. The Hall–Kier alpha value is -1.43. The average Bonchev–Trinajstić information content (AvgIpc) is 2.41. The number of nitrogens with zero attached hydrogens (tertiary/aromatic N) is 1. The van der Waals surface area contributed by atoms with Crippen molar-refractivity contribution in [3.63, 3.8) is 0 Å². The van der Waals surface area contributed by atoms with Crippen molar-refractivity contribution in [2.45, 2.75) is 38.6 Å². The van der Waals surface area contributed by atoms with Crippen LogP contribution in [-0.4, -0.2) is 16.9 Å². The normalized spacial score (nSPS) is 22.3. The first-order valence-electron chi connectivity index (χ1n) is 6.74. The molecule has 6 heteroatoms. The summed E-state index contributed by atoms with van der Waals surface area (Å²) in [5, 5.41) is 13.9. The van der Waals surface area contributed by atoms with Gasteiger partial charge in [0, 0.05) is 17.7 Å². The fourth-order valence-corrected chi connectivity index (χ4v) is 2.97. The molecule has 5 nitrogen and oxygen atoms in total. The summed E-state index contributed by atoms with van der Waals surface area (Å²) in [6.45, 7) is 2.13. The number of hydrogen-bond donors (Lipinski definition) is 1. The van der Waals surface area contributed by atoms with Gasteiger partial charge in [-0.3, -0.25) is 14.9 Å². The second-order valence-electron chi connectivity index (χ2n) is 5.26. The molecule has 1 aliphatic rings. The Labute approximate surface area is 126 Å². The molecule has 2 atom stereocenters. The molecule has 0 saturated heterocycles. The maximum Gasteiger partial charge on any atom is 0.284 e. The lowest BCUT2D eigenvalue weighted by Gasteiger charge is -2.29. The molecule has 108 valence electrons. The molecule has 2 rings (SSSR count). The third kappa shape index (κ3) is 3.36. The molecule has 0 spiro atoms. The lowest BCUT2D eigenvalue weighted by Crippen LogP contribution is -2.41. The maximum atomic E-state index is 12.2. The van der Waals surface area contributed by atoms with E-state index in [4.69, 9.17) is 0 Å². The predicted octanol–water partition coefficient (Wildman–Crippen LogP) is 3.67. The molecule has 0 aliphatic heterocycles. The summed E-state index contributed by atoms with van der Waals surface area (Å²) >= 11 is 3.11. The largest absolute Gasteiger partial charge is 0.349 e. The molecule has 1 aromatic rings. The minimum absolute atomic E-state index is 0.0886. The zero-order valence-corrected chi connectivity index (χ0v) is 12.9. The molecule has 1 fully saturated rings. The molecule has 1 amide bonds. The Morgan fingerprint density at radius 3 is 2.75 bits per heavy atom. The van der Waals surface area contributed by atoms with Crippen LogP contribution in [0.25, 0.3) is 0 Å². The zero-order valence-electron chi connectivity index (χ0n) is 11.3. The van der Waals surface area contributed by atoms with Gasteiger partial charge in [-0.25, -0.2) is 0 Å². The average molecular weight is 341 g/mol. The van der Waals surface area contributed by atoms with Gasteiger partial charge in [-0.15, -0.1) is 0 Å². The van der Waals surface area contributed by atoms with E-state index in [0.717, 1.165) is 19.3 Å². The van der Waals surface area contributed by atoms with Crippen LogP contribution < -0.4 is 5.32 Å². The number of nitro benzene ring substituents is 1. The van der Waals surface area contributed by atoms with Crippen LogP contribution in [0.3, 0.4) is 0 Å². The van der Waals surface area contributed by atoms with Gasteiger partial charge in [0.2, 0.25) is 0 Å². The van der Waals surface area contributed by atoms with E-state index in [-0.39, 0.29) is 17.6 Å². The topological polar surface area (TPSA) is 72.2 Å². The van der Waals surface area contributed by atoms with Crippen LogP contribution in [0.1, 0.15) is 43.0 Å². The van der Waals surface area contributed by atoms with Crippen molar-refractivity contribution >= 4 is 27.5 Å². The first-order valence-corrected chi connectivity index (χ1v) is 7.53. The molecule has 1 saturated carbocycles. The molecule has 0 radical (unpaired) electrons. The summed E-state index contributed by atoms with van der Waals surface area (Å²) in [4.78, 5) is 22.6. The molecular formula is C14H17BrN2O3. The van der Waals surface area contributed by atoms with Crippen LogP contribution >= 0.6 is 15.9 Å². The number of amides is 1. The standard InChI is InChI=1S/C14H17BrN2O3/c1-9-4-2-3-5-12(9)16-14(18)10-6-7-11(15)13(8-10)17(19)20/h6-9,12H,2-5H2,1H3,(H,16,18)/t9-,12-/m0/s1. The molecule has 1 N–H and O–H groups in total. The number of halogens is 1. The number of rotatable bonds is 3. The second-order valence-corrected chi connectivity index (χ2v) is 6.12. The summed E-state index contributed by atoms with van der Waals surface area (Å²) in [7, 11) is 0. The van der Waals surface area contributed by atoms with Crippen LogP contribution in [0.15, 0.2) is 22.7 Å². The van der Waals surface area contributed by atoms with Gasteiger partial charge in [0.25, 0.3) is 11.6 Å². The van der Waals surface area contributed by atoms with Gasteiger partial charge in [0.05, 0.1) is 9.40 Å². The monoisotopic (exact) mass is 340 g/mol. The summed E-state index contributed by atoms with van der Waals surface area (Å²) in [5.41, 5.74) is 0.243. The smallest absolute Gasteiger partial charge is 0.284 e. The summed E-state index contributed by atoms with van der Waals surface area (Å²) in [5.74, 6) is 0.220. The Kier molecular flexibility index (Phi) is 4.75. The first kappa shape index (κ1) is 15.0. The van der Waals surface area contributed by atoms with Crippen LogP contribution in [0, 0.1) is 16.0 Å². The summed E-state index contributed by atoms with van der Waals surface area (Å²) in [6, 6.07) is 4.61. The summed E-state index contributed by atoms with van der Waals surface area (Å²) < 4.78 is 0.380. The van der Waals surface area contributed by atoms with Crippen molar-refractivity contribution in [2.75, 3.05) is 0 Å². The lowest BCUT2D eigenvalue weighted by atomic mass is 9.86. The minimum atomic E-state index is -0.496. The van der Waals surface area contributed by atoms with Gasteiger partial charge in [-0.2, -0.15) is 0 Å². The minimum Gasteiger partial charge on any atom is -0.349 e. The molecule has 0 heterocycles. The van der Waals surface area contributed by atoms with E-state index in [1.165, 1.54) is 18.6 Å². The SMILES string of the molecule is C[C@H]1CCCC[C@@H]1NC(=O)c1ccc(Br)c([N+](=O)[O-])c1. The first-order chi connectivity index (χ1) is 9.49. The number of nitrogens with one attached hydrogen (secondary N) is 1. The van der Waals surface area contributed by atoms with Gasteiger partial charge in [-0.1, -0.05) is 19.8 Å². The van der Waals surface area contributed by atoms with Gasteiger partial charge in [-0.05, 0) is 46.8 Å². The van der Waals surface area contributed by atoms with Crippen molar-refractivity contribution in [1.82, 2.24) is 5.32 Å². The molecule has 20 heavy (non-hydrogen) atoms. The molecule has 0 bridgehead atoms. The van der Waals surface area contributed by atoms with Crippen molar-refractivity contribution in [3.05, 3.63) is 38.3 Å². The lowest BCUT2D eigenvalue weighted by molar-refractivity contribution is -0.385. The van der Waals surface area contributed by atoms with E-state index in [0.29, 0.717) is 16.0 Å². The van der Waals surface area contributed by atoms with Crippen LogP contribution in [0.2, 0.25) is 0 Å². The highest BCUT2D eigenvalue weighted by Crippen LogP contribution is 2.27. The fraction of sp³-hybridized carbons (Fsp3) is 0.500. The molecular weight excluding hydrogens is 324 g/mol. The van der Waals surface area contributed by atoms with Gasteiger partial charge >= 0.3 is 0 Å². The van der Waals surface area contributed by atoms with E-state index in [1.807, 2.05) is 0 Å². The quantitative estimate of drug-likeness (QED) is 0.673. The number of carbonyl (C=O) groups is 1. The van der Waals surface area contributed by atoms with E-state index >= 15 is 0 Å². The van der Waals surface area contributed by atoms with Crippen molar-refractivity contribution < 1.29 is 9.72 Å². The number of benzene rings is 1. The maximum absolute atomic E-state index is 12.2. The van der Waals surface area contributed by atoms with Crippen molar-refractivity contribution in [3.8, 4) is 0 Å². The third-order valence-electron chi connectivity index (χ3n) is 3.83. The van der Waals surface area contributed by atoms with E-state index in [2.05, 4.69) is 28.2 Å². The van der Waals surface area contributed by atoms with Crippen molar-refractivity contribution in [1.29, 1.82) is 0 Å². The number of hydrogen-bond acceptors (Lipinski definition) is 3. The highest BCUT2D eigenvalue weighted by Gasteiger charge is 2.24. The predicted molar refractivity (Wildman–Crippen MR) is 79.7 cm³/mol. The molecule has 0 aromatic heterocycles. The Bertz CT molecular complexity index is 533. The van der Waals surface area contributed by atoms with Crippen LogP contribution in [0.4, 0.5) is 5.69 Å². The molecule has 0 unspecified atom stereocenters. The summed E-state index contributed by atoms with van der Waals surface area (Å²) in [6.07, 6.45) is 4.42. The van der Waals surface area contributed by atoms with E-state index in [1.54, 1.807) is 6.07 Å². The van der Waals surface area contributed by atoms with Crippen LogP contribution in [0.5, 0.6) is 0 Å². The Balaban J connectivity index is 2.13. The second kappa shape index (κ2) is 6.35. The molecule has 1 aliphatic carbocycles. The fourth-order valence-electron chi connectivity index (χ4n) is 2.58. The van der Waals surface area contributed by atoms with Crippen LogP contribution in [-0.2, 0) is 0 Å². The Morgan fingerprint density at radius 1 is 1.40 bits per heavy atom. The Morgan fingerprint density at radius 2 is 2.10 bits per heavy atom.